The van der Waals surface area contributed by atoms with Gasteiger partial charge < -0.3 is 10.1 Å². The molecule has 0 spiro atoms. The summed E-state index contributed by atoms with van der Waals surface area (Å²) in [5.41, 5.74) is -1.10. The molecule has 1 N–H and O–H groups in total. The van der Waals surface area contributed by atoms with Crippen LogP contribution in [0, 0.1) is 0 Å². The number of ether oxygens (including phenoxy) is 1. The van der Waals surface area contributed by atoms with E-state index in [4.69, 9.17) is 16.3 Å². The Morgan fingerprint density at radius 2 is 2.05 bits per heavy atom. The zero-order valence-corrected chi connectivity index (χ0v) is 12.1. The smallest absolute Gasteiger partial charge is 0.380 e. The largest absolute Gasteiger partial charge is 0.418 e. The highest BCUT2D eigenvalue weighted by Crippen LogP contribution is 2.39. The van der Waals surface area contributed by atoms with Gasteiger partial charge in [0.05, 0.1) is 21.9 Å². The molecular formula is C14H17ClF3NO. The van der Waals surface area contributed by atoms with Crippen LogP contribution in [0.5, 0.6) is 0 Å². The number of benzene rings is 1. The lowest BCUT2D eigenvalue weighted by atomic mass is 9.93. The fourth-order valence-corrected chi connectivity index (χ4v) is 2.70. The van der Waals surface area contributed by atoms with Gasteiger partial charge in [0.25, 0.3) is 0 Å². The summed E-state index contributed by atoms with van der Waals surface area (Å²) in [7, 11) is 0. The first-order valence-corrected chi connectivity index (χ1v) is 6.83. The summed E-state index contributed by atoms with van der Waals surface area (Å²) >= 11 is 5.93. The standard InChI is InChI=1S/C14H17ClF3NO/c1-13(2)8-9(6-7-20-13)19-12-10(14(16,17)18)4-3-5-11(12)15/h3-5,9,19H,6-8H2,1-2H3. The molecule has 1 heterocycles. The van der Waals surface area contributed by atoms with Gasteiger partial charge in [0, 0.05) is 12.6 Å². The molecule has 2 nitrogen and oxygen atoms in total. The van der Waals surface area contributed by atoms with E-state index in [0.717, 1.165) is 6.07 Å². The minimum absolute atomic E-state index is 0.0376. The second-order valence-corrected chi connectivity index (χ2v) is 6.01. The van der Waals surface area contributed by atoms with Crippen molar-refractivity contribution in [3.05, 3.63) is 28.8 Å². The minimum atomic E-state index is -4.42. The lowest BCUT2D eigenvalue weighted by Crippen LogP contribution is -2.40. The van der Waals surface area contributed by atoms with Crippen LogP contribution < -0.4 is 5.32 Å². The van der Waals surface area contributed by atoms with Crippen LogP contribution in [0.1, 0.15) is 32.3 Å². The third kappa shape index (κ3) is 3.58. The van der Waals surface area contributed by atoms with Crippen LogP contribution in [0.25, 0.3) is 0 Å². The Hall–Kier alpha value is -0.940. The molecule has 1 unspecified atom stereocenters. The number of halogens is 4. The van der Waals surface area contributed by atoms with Crippen LogP contribution in [-0.2, 0) is 10.9 Å². The third-order valence-electron chi connectivity index (χ3n) is 3.36. The van der Waals surface area contributed by atoms with Gasteiger partial charge in [0.15, 0.2) is 0 Å². The van der Waals surface area contributed by atoms with Crippen LogP contribution >= 0.6 is 11.6 Å². The Bertz CT molecular complexity index is 488. The SMILES string of the molecule is CC1(C)CC(Nc2c(Cl)cccc2C(F)(F)F)CCO1. The average Bonchev–Trinajstić information content (AvgIpc) is 2.29. The van der Waals surface area contributed by atoms with Gasteiger partial charge in [-0.1, -0.05) is 17.7 Å². The molecular weight excluding hydrogens is 291 g/mol. The quantitative estimate of drug-likeness (QED) is 0.853. The second kappa shape index (κ2) is 5.45. The predicted octanol–water partition coefficient (Wildman–Crippen LogP) is 4.73. The fourth-order valence-electron chi connectivity index (χ4n) is 2.47. The second-order valence-electron chi connectivity index (χ2n) is 5.60. The highest BCUT2D eigenvalue weighted by Gasteiger charge is 2.36. The lowest BCUT2D eigenvalue weighted by Gasteiger charge is -2.36. The van der Waals surface area contributed by atoms with Crippen molar-refractivity contribution in [2.75, 3.05) is 11.9 Å². The highest BCUT2D eigenvalue weighted by molar-refractivity contribution is 6.33. The van der Waals surface area contributed by atoms with E-state index in [2.05, 4.69) is 5.32 Å². The van der Waals surface area contributed by atoms with Crippen molar-refractivity contribution >= 4 is 17.3 Å². The Morgan fingerprint density at radius 3 is 2.65 bits per heavy atom. The molecule has 1 aliphatic heterocycles. The maximum absolute atomic E-state index is 13.0. The Morgan fingerprint density at radius 1 is 1.35 bits per heavy atom. The molecule has 0 saturated carbocycles. The van der Waals surface area contributed by atoms with Gasteiger partial charge in [0.1, 0.15) is 0 Å². The predicted molar refractivity (Wildman–Crippen MR) is 73.1 cm³/mol. The van der Waals surface area contributed by atoms with E-state index in [1.807, 2.05) is 13.8 Å². The van der Waals surface area contributed by atoms with Gasteiger partial charge in [-0.25, -0.2) is 0 Å². The summed E-state index contributed by atoms with van der Waals surface area (Å²) in [6.45, 7) is 4.38. The van der Waals surface area contributed by atoms with Crippen LogP contribution in [0.2, 0.25) is 5.02 Å². The van der Waals surface area contributed by atoms with Crippen molar-refractivity contribution in [1.82, 2.24) is 0 Å². The number of para-hydroxylation sites is 1. The van der Waals surface area contributed by atoms with Gasteiger partial charge in [-0.15, -0.1) is 0 Å². The van der Waals surface area contributed by atoms with Crippen LogP contribution in [0.3, 0.4) is 0 Å². The molecule has 1 aromatic rings. The summed E-state index contributed by atoms with van der Waals surface area (Å²) in [6.07, 6.45) is -3.13. The first kappa shape index (κ1) is 15.4. The summed E-state index contributed by atoms with van der Waals surface area (Å²) in [5, 5.41) is 3.04. The van der Waals surface area contributed by atoms with E-state index in [-0.39, 0.29) is 22.4 Å². The van der Waals surface area contributed by atoms with E-state index in [9.17, 15) is 13.2 Å². The first-order chi connectivity index (χ1) is 9.19. The monoisotopic (exact) mass is 307 g/mol. The van der Waals surface area contributed by atoms with Crippen LogP contribution in [0.15, 0.2) is 18.2 Å². The first-order valence-electron chi connectivity index (χ1n) is 6.45. The molecule has 1 aliphatic rings. The van der Waals surface area contributed by atoms with Crippen molar-refractivity contribution in [1.29, 1.82) is 0 Å². The van der Waals surface area contributed by atoms with Gasteiger partial charge in [-0.2, -0.15) is 13.2 Å². The van der Waals surface area contributed by atoms with E-state index in [1.54, 1.807) is 0 Å². The maximum atomic E-state index is 13.0. The Balaban J connectivity index is 2.25. The summed E-state index contributed by atoms with van der Waals surface area (Å²) in [6, 6.07) is 3.73. The Kier molecular flexibility index (Phi) is 4.21. The zero-order valence-electron chi connectivity index (χ0n) is 11.4. The van der Waals surface area contributed by atoms with Gasteiger partial charge in [-0.3, -0.25) is 0 Å². The maximum Gasteiger partial charge on any atom is 0.418 e. The molecule has 1 atom stereocenters. The zero-order chi connectivity index (χ0) is 15.0. The number of rotatable bonds is 2. The molecule has 1 aromatic carbocycles. The summed E-state index contributed by atoms with van der Waals surface area (Å²) in [5.74, 6) is 0. The molecule has 20 heavy (non-hydrogen) atoms. The molecule has 1 saturated heterocycles. The van der Waals surface area contributed by atoms with E-state index >= 15 is 0 Å². The number of nitrogens with one attached hydrogen (secondary N) is 1. The van der Waals surface area contributed by atoms with Gasteiger partial charge in [0.2, 0.25) is 0 Å². The molecule has 0 aromatic heterocycles. The van der Waals surface area contributed by atoms with Crippen LogP contribution in [0.4, 0.5) is 18.9 Å². The molecule has 2 rings (SSSR count). The molecule has 6 heteroatoms. The third-order valence-corrected chi connectivity index (χ3v) is 3.68. The highest BCUT2D eigenvalue weighted by atomic mass is 35.5. The number of alkyl halides is 3. The van der Waals surface area contributed by atoms with Crippen LogP contribution in [-0.4, -0.2) is 18.2 Å². The number of hydrogen-bond donors (Lipinski definition) is 1. The molecule has 0 radical (unpaired) electrons. The Labute approximate surface area is 121 Å². The normalized spacial score (nSPS) is 22.6. The van der Waals surface area contributed by atoms with Crippen molar-refractivity contribution in [3.8, 4) is 0 Å². The van der Waals surface area contributed by atoms with Crippen molar-refractivity contribution < 1.29 is 17.9 Å². The topological polar surface area (TPSA) is 21.3 Å². The number of anilines is 1. The molecule has 0 amide bonds. The van der Waals surface area contributed by atoms with Gasteiger partial charge >= 0.3 is 6.18 Å². The summed E-state index contributed by atoms with van der Waals surface area (Å²) in [4.78, 5) is 0. The van der Waals surface area contributed by atoms with E-state index in [0.29, 0.717) is 19.4 Å². The van der Waals surface area contributed by atoms with Crippen molar-refractivity contribution in [2.24, 2.45) is 0 Å². The molecule has 0 bridgehead atoms. The lowest BCUT2D eigenvalue weighted by molar-refractivity contribution is -0.137. The number of hydrogen-bond acceptors (Lipinski definition) is 2. The fraction of sp³-hybridized carbons (Fsp3) is 0.571. The van der Waals surface area contributed by atoms with Gasteiger partial charge in [-0.05, 0) is 38.8 Å². The molecule has 0 aliphatic carbocycles. The van der Waals surface area contributed by atoms with Crippen molar-refractivity contribution in [2.45, 2.75) is 44.5 Å². The van der Waals surface area contributed by atoms with E-state index < -0.39 is 11.7 Å². The van der Waals surface area contributed by atoms with E-state index in [1.165, 1.54) is 12.1 Å². The minimum Gasteiger partial charge on any atom is -0.380 e. The average molecular weight is 308 g/mol. The molecule has 1 fully saturated rings. The molecule has 112 valence electrons. The summed E-state index contributed by atoms with van der Waals surface area (Å²) < 4.78 is 44.6. The van der Waals surface area contributed by atoms with Crippen molar-refractivity contribution in [3.63, 3.8) is 0 Å².